The lowest BCUT2D eigenvalue weighted by Crippen LogP contribution is -2.48. The van der Waals surface area contributed by atoms with Gasteiger partial charge in [-0.2, -0.15) is 0 Å². The molecule has 0 spiro atoms. The van der Waals surface area contributed by atoms with Crippen LogP contribution in [0.3, 0.4) is 0 Å². The lowest BCUT2D eigenvalue weighted by atomic mass is 10.1. The molecule has 1 saturated heterocycles. The van der Waals surface area contributed by atoms with E-state index < -0.39 is 0 Å². The van der Waals surface area contributed by atoms with Gasteiger partial charge in [-0.25, -0.2) is 4.79 Å². The van der Waals surface area contributed by atoms with Gasteiger partial charge in [-0.3, -0.25) is 13.9 Å². The van der Waals surface area contributed by atoms with E-state index in [1.54, 1.807) is 17.6 Å². The number of anilines is 1. The van der Waals surface area contributed by atoms with Crippen LogP contribution in [0.1, 0.15) is 78.1 Å². The van der Waals surface area contributed by atoms with E-state index in [-0.39, 0.29) is 17.3 Å². The molecule has 6 nitrogen and oxygen atoms in total. The van der Waals surface area contributed by atoms with Crippen molar-refractivity contribution in [1.29, 1.82) is 0 Å². The largest absolute Gasteiger partial charge is 0.356 e. The van der Waals surface area contributed by atoms with Gasteiger partial charge in [-0.05, 0) is 26.2 Å². The molecule has 0 radical (unpaired) electrons. The summed E-state index contributed by atoms with van der Waals surface area (Å²) in [5, 5.41) is 0. The molecular formula is C23H38N4O2. The van der Waals surface area contributed by atoms with Gasteiger partial charge in [0.15, 0.2) is 0 Å². The highest BCUT2D eigenvalue weighted by Gasteiger charge is 2.21. The molecule has 2 N–H and O–H groups in total. The van der Waals surface area contributed by atoms with Crippen molar-refractivity contribution in [2.75, 3.05) is 18.0 Å². The van der Waals surface area contributed by atoms with Gasteiger partial charge >= 0.3 is 5.69 Å². The molecule has 0 bridgehead atoms. The summed E-state index contributed by atoms with van der Waals surface area (Å²) in [6, 6.07) is 1.67. The molecule has 0 aliphatic carbocycles. The van der Waals surface area contributed by atoms with E-state index in [0.717, 1.165) is 38.6 Å². The molecule has 29 heavy (non-hydrogen) atoms. The third-order valence-corrected chi connectivity index (χ3v) is 5.69. The average Bonchev–Trinajstić information content (AvgIpc) is 2.71. The van der Waals surface area contributed by atoms with Gasteiger partial charge in [-0.1, -0.05) is 57.8 Å². The van der Waals surface area contributed by atoms with Crippen molar-refractivity contribution in [3.63, 3.8) is 0 Å². The smallest absolute Gasteiger partial charge is 0.333 e. The van der Waals surface area contributed by atoms with E-state index >= 15 is 0 Å². The maximum atomic E-state index is 13.1. The van der Waals surface area contributed by atoms with Crippen molar-refractivity contribution in [2.24, 2.45) is 5.73 Å². The van der Waals surface area contributed by atoms with Gasteiger partial charge in [0.25, 0.3) is 5.56 Å². The van der Waals surface area contributed by atoms with E-state index in [1.807, 2.05) is 0 Å². The number of rotatable bonds is 11. The minimum Gasteiger partial charge on any atom is -0.356 e. The Labute approximate surface area is 175 Å². The Morgan fingerprint density at radius 3 is 2.41 bits per heavy atom. The van der Waals surface area contributed by atoms with Crippen molar-refractivity contribution in [3.05, 3.63) is 26.9 Å². The fraction of sp³-hybridized carbons (Fsp3) is 0.739. The van der Waals surface area contributed by atoms with Crippen molar-refractivity contribution in [3.8, 4) is 11.8 Å². The molecule has 0 aromatic carbocycles. The zero-order valence-electron chi connectivity index (χ0n) is 18.3. The van der Waals surface area contributed by atoms with E-state index in [2.05, 4.69) is 23.7 Å². The minimum absolute atomic E-state index is 0.0734. The second-order valence-electron chi connectivity index (χ2n) is 8.11. The Morgan fingerprint density at radius 1 is 1.07 bits per heavy atom. The summed E-state index contributed by atoms with van der Waals surface area (Å²) >= 11 is 0. The Bertz CT molecular complexity index is 800. The Morgan fingerprint density at radius 2 is 1.76 bits per heavy atom. The molecule has 1 aromatic heterocycles. The van der Waals surface area contributed by atoms with Gasteiger partial charge < -0.3 is 10.6 Å². The standard InChI is InChI=1S/C23H38N4O2/c1-3-5-7-8-9-10-11-12-17-27-22(28)18-21(25-15-13-14-20(24)19-25)26(23(27)29)16-6-4-2/h18,20H,3,5,7-17,19,24H2,1-2H3/t20-/m1/s1. The summed E-state index contributed by atoms with van der Waals surface area (Å²) in [5.41, 5.74) is 5.64. The van der Waals surface area contributed by atoms with Crippen LogP contribution >= 0.6 is 0 Å². The Hall–Kier alpha value is -2.00. The first-order valence-electron chi connectivity index (χ1n) is 11.3. The van der Waals surface area contributed by atoms with Crippen LogP contribution in [0.5, 0.6) is 0 Å². The van der Waals surface area contributed by atoms with Crippen LogP contribution in [0.15, 0.2) is 15.7 Å². The molecule has 1 aliphatic heterocycles. The van der Waals surface area contributed by atoms with E-state index in [4.69, 9.17) is 5.73 Å². The summed E-state index contributed by atoms with van der Waals surface area (Å²) in [6.07, 6.45) is 11.4. The molecule has 162 valence electrons. The van der Waals surface area contributed by atoms with Crippen LogP contribution in [0.4, 0.5) is 5.82 Å². The molecule has 2 rings (SSSR count). The maximum absolute atomic E-state index is 13.1. The zero-order valence-corrected chi connectivity index (χ0v) is 18.3. The number of nitrogens with zero attached hydrogens (tertiary/aromatic N) is 3. The minimum atomic E-state index is -0.252. The number of unbranched alkanes of at least 4 members (excludes halogenated alkanes) is 7. The normalized spacial score (nSPS) is 16.5. The first kappa shape index (κ1) is 23.3. The first-order valence-corrected chi connectivity index (χ1v) is 11.3. The van der Waals surface area contributed by atoms with Gasteiger partial charge in [0, 0.05) is 31.7 Å². The van der Waals surface area contributed by atoms with Crippen molar-refractivity contribution in [1.82, 2.24) is 9.13 Å². The predicted octanol–water partition coefficient (Wildman–Crippen LogP) is 3.10. The topological polar surface area (TPSA) is 73.3 Å². The van der Waals surface area contributed by atoms with Crippen LogP contribution in [0.25, 0.3) is 0 Å². The quantitative estimate of drug-likeness (QED) is 0.456. The van der Waals surface area contributed by atoms with E-state index in [1.165, 1.54) is 36.7 Å². The van der Waals surface area contributed by atoms with Crippen LogP contribution in [-0.2, 0) is 13.1 Å². The van der Waals surface area contributed by atoms with Gasteiger partial charge in [-0.15, -0.1) is 5.92 Å². The van der Waals surface area contributed by atoms with Crippen LogP contribution < -0.4 is 21.9 Å². The second kappa shape index (κ2) is 12.5. The van der Waals surface area contributed by atoms with Crippen molar-refractivity contribution >= 4 is 5.82 Å². The first-order chi connectivity index (χ1) is 14.1. The summed E-state index contributed by atoms with van der Waals surface area (Å²) in [7, 11) is 0. The molecule has 1 aromatic rings. The molecule has 6 heteroatoms. The molecule has 1 aliphatic rings. The summed E-state index contributed by atoms with van der Waals surface area (Å²) in [6.45, 7) is 6.24. The van der Waals surface area contributed by atoms with Crippen LogP contribution in [0.2, 0.25) is 0 Å². The monoisotopic (exact) mass is 402 g/mol. The van der Waals surface area contributed by atoms with E-state index in [0.29, 0.717) is 25.5 Å². The van der Waals surface area contributed by atoms with Crippen LogP contribution in [-0.4, -0.2) is 28.3 Å². The van der Waals surface area contributed by atoms with Gasteiger partial charge in [0.05, 0.1) is 6.54 Å². The zero-order chi connectivity index (χ0) is 21.1. The average molecular weight is 403 g/mol. The summed E-state index contributed by atoms with van der Waals surface area (Å²) in [4.78, 5) is 27.8. The van der Waals surface area contributed by atoms with Crippen LogP contribution in [0, 0.1) is 11.8 Å². The summed E-state index contributed by atoms with van der Waals surface area (Å²) in [5.74, 6) is 6.50. The molecule has 0 saturated carbocycles. The highest BCUT2D eigenvalue weighted by Crippen LogP contribution is 2.17. The van der Waals surface area contributed by atoms with Gasteiger partial charge in [0.1, 0.15) is 5.82 Å². The lowest BCUT2D eigenvalue weighted by molar-refractivity contribution is 0.483. The highest BCUT2D eigenvalue weighted by atomic mass is 16.2. The number of hydrogen-bond donors (Lipinski definition) is 1. The second-order valence-corrected chi connectivity index (χ2v) is 8.11. The van der Waals surface area contributed by atoms with Crippen molar-refractivity contribution < 1.29 is 0 Å². The van der Waals surface area contributed by atoms with Crippen molar-refractivity contribution in [2.45, 2.75) is 97.2 Å². The molecular weight excluding hydrogens is 364 g/mol. The maximum Gasteiger partial charge on any atom is 0.333 e. The third-order valence-electron chi connectivity index (χ3n) is 5.69. The molecule has 1 fully saturated rings. The molecule has 0 unspecified atom stereocenters. The molecule has 2 heterocycles. The summed E-state index contributed by atoms with van der Waals surface area (Å²) < 4.78 is 3.02. The highest BCUT2D eigenvalue weighted by molar-refractivity contribution is 5.40. The SMILES string of the molecule is CC#CCn1c(N2CCC[C@@H](N)C2)cc(=O)n(CCCCCCCCCC)c1=O. The number of nitrogens with two attached hydrogens (primary N) is 1. The Balaban J connectivity index is 2.07. The number of aromatic nitrogens is 2. The third kappa shape index (κ3) is 7.08. The number of hydrogen-bond acceptors (Lipinski definition) is 4. The molecule has 0 amide bonds. The molecule has 1 atom stereocenters. The van der Waals surface area contributed by atoms with E-state index in [9.17, 15) is 9.59 Å². The number of piperidine rings is 1. The predicted molar refractivity (Wildman–Crippen MR) is 120 cm³/mol. The van der Waals surface area contributed by atoms with Gasteiger partial charge in [0.2, 0.25) is 0 Å². The fourth-order valence-corrected chi connectivity index (χ4v) is 4.00. The lowest BCUT2D eigenvalue weighted by Gasteiger charge is -2.33. The fourth-order valence-electron chi connectivity index (χ4n) is 4.00. The Kier molecular flexibility index (Phi) is 10.1.